The first kappa shape index (κ1) is 29.0. The molecule has 6 unspecified atom stereocenters. The minimum Gasteiger partial charge on any atom is -0.462 e. The van der Waals surface area contributed by atoms with Crippen molar-refractivity contribution < 1.29 is 41.8 Å². The minimum atomic E-state index is -4.21. The third kappa shape index (κ3) is 7.06. The minimum absolute atomic E-state index is 0.0274. The molecule has 1 saturated heterocycles. The van der Waals surface area contributed by atoms with Crippen LogP contribution in [0, 0.1) is 0 Å². The second-order valence-electron chi connectivity index (χ2n) is 9.32. The summed E-state index contributed by atoms with van der Waals surface area (Å²) in [5.74, 6) is -0.818. The first-order chi connectivity index (χ1) is 17.4. The molecule has 10 nitrogen and oxygen atoms in total. The van der Waals surface area contributed by atoms with Gasteiger partial charge in [0.25, 0.3) is 0 Å². The van der Waals surface area contributed by atoms with E-state index in [0.29, 0.717) is 5.57 Å². The molecule has 12 heteroatoms. The van der Waals surface area contributed by atoms with Crippen LogP contribution in [0.3, 0.4) is 0 Å². The fourth-order valence-corrected chi connectivity index (χ4v) is 5.55. The van der Waals surface area contributed by atoms with Crippen molar-refractivity contribution in [3.8, 4) is 5.75 Å². The standard InChI is InChI=1S/C25H34FN2O8P/c1-16(2)34-23(30)18(4)27-37(31,36-19-10-8-7-9-11-19)33-15-20-22(32-6)25(5,26)24(35-20)28-13-12-17(3)14-21(28)29/h7-13,16,18,20,22,24H,3,14-15H2,1-2,4-6H3,(H,27,31). The Kier molecular flexibility index (Phi) is 9.31. The number of ether oxygens (including phenoxy) is 3. The van der Waals surface area contributed by atoms with Crippen LogP contribution in [0.2, 0.25) is 0 Å². The molecule has 0 bridgehead atoms. The van der Waals surface area contributed by atoms with Crippen LogP contribution in [0.4, 0.5) is 4.39 Å². The summed E-state index contributed by atoms with van der Waals surface area (Å²) in [7, 11) is -2.91. The number of halogens is 1. The van der Waals surface area contributed by atoms with E-state index in [4.69, 9.17) is 23.3 Å². The van der Waals surface area contributed by atoms with Gasteiger partial charge in [0.05, 0.1) is 19.1 Å². The van der Waals surface area contributed by atoms with Gasteiger partial charge in [-0.15, -0.1) is 0 Å². The molecule has 1 aromatic carbocycles. The van der Waals surface area contributed by atoms with Crippen LogP contribution in [0.5, 0.6) is 5.75 Å². The molecule has 0 aromatic heterocycles. The maximum Gasteiger partial charge on any atom is 0.459 e. The predicted molar refractivity (Wildman–Crippen MR) is 133 cm³/mol. The lowest BCUT2D eigenvalue weighted by molar-refractivity contribution is -0.149. The Morgan fingerprint density at radius 1 is 1.32 bits per heavy atom. The molecule has 2 aliphatic heterocycles. The summed E-state index contributed by atoms with van der Waals surface area (Å²) in [6.45, 7) is 9.41. The molecule has 1 amide bonds. The first-order valence-electron chi connectivity index (χ1n) is 11.9. The summed E-state index contributed by atoms with van der Waals surface area (Å²) in [6, 6.07) is 7.18. The number of carbonyl (C=O) groups excluding carboxylic acids is 2. The second kappa shape index (κ2) is 11.9. The van der Waals surface area contributed by atoms with Crippen molar-refractivity contribution in [1.29, 1.82) is 0 Å². The number of nitrogens with zero attached hydrogens (tertiary/aromatic N) is 1. The fraction of sp³-hybridized carbons (Fsp3) is 0.520. The number of hydrogen-bond donors (Lipinski definition) is 1. The maximum atomic E-state index is 15.9. The Labute approximate surface area is 216 Å². The van der Waals surface area contributed by atoms with E-state index in [2.05, 4.69) is 11.7 Å². The molecule has 1 fully saturated rings. The number of hydrogen-bond acceptors (Lipinski definition) is 8. The first-order valence-corrected chi connectivity index (χ1v) is 13.4. The second-order valence-corrected chi connectivity index (χ2v) is 11.0. The molecule has 0 radical (unpaired) electrons. The number of para-hydroxylation sites is 1. The summed E-state index contributed by atoms with van der Waals surface area (Å²) in [5.41, 5.74) is -1.54. The number of allylic oxidation sites excluding steroid dienone is 1. The van der Waals surface area contributed by atoms with E-state index in [-0.39, 0.29) is 24.2 Å². The number of nitrogens with one attached hydrogen (secondary N) is 1. The number of esters is 1. The smallest absolute Gasteiger partial charge is 0.459 e. The van der Waals surface area contributed by atoms with Crippen LogP contribution in [0.15, 0.2) is 54.8 Å². The highest BCUT2D eigenvalue weighted by atomic mass is 31.2. The van der Waals surface area contributed by atoms with Crippen molar-refractivity contribution in [3.63, 3.8) is 0 Å². The molecule has 3 rings (SSSR count). The molecule has 1 N–H and O–H groups in total. The molecule has 2 heterocycles. The van der Waals surface area contributed by atoms with Crippen LogP contribution in [-0.2, 0) is 32.9 Å². The zero-order valence-electron chi connectivity index (χ0n) is 21.6. The van der Waals surface area contributed by atoms with Crippen LogP contribution >= 0.6 is 7.75 Å². The molecule has 1 aromatic rings. The van der Waals surface area contributed by atoms with Gasteiger partial charge in [0.2, 0.25) is 5.91 Å². The van der Waals surface area contributed by atoms with Gasteiger partial charge in [0, 0.05) is 13.3 Å². The topological polar surface area (TPSA) is 113 Å². The normalized spacial score (nSPS) is 28.3. The van der Waals surface area contributed by atoms with Gasteiger partial charge in [-0.3, -0.25) is 19.0 Å². The highest BCUT2D eigenvalue weighted by Crippen LogP contribution is 2.47. The molecule has 0 aliphatic carbocycles. The Balaban J connectivity index is 1.79. The molecular weight excluding hydrogens is 506 g/mol. The molecule has 37 heavy (non-hydrogen) atoms. The number of alkyl halides is 1. The molecule has 2 aliphatic rings. The number of methoxy groups -OCH3 is 1. The number of amides is 1. The molecule has 0 spiro atoms. The number of carbonyl (C=O) groups is 2. The Hall–Kier alpha value is -2.56. The van der Waals surface area contributed by atoms with Crippen molar-refractivity contribution in [2.45, 2.75) is 70.4 Å². The zero-order chi connectivity index (χ0) is 27.4. The van der Waals surface area contributed by atoms with E-state index in [0.717, 1.165) is 4.90 Å². The highest BCUT2D eigenvalue weighted by Gasteiger charge is 2.58. The summed E-state index contributed by atoms with van der Waals surface area (Å²) >= 11 is 0. The molecule has 0 saturated carbocycles. The van der Waals surface area contributed by atoms with Crippen LogP contribution in [-0.4, -0.2) is 66.7 Å². The van der Waals surface area contributed by atoms with Gasteiger partial charge < -0.3 is 18.7 Å². The molecular formula is C25H34FN2O8P. The van der Waals surface area contributed by atoms with E-state index in [9.17, 15) is 14.2 Å². The van der Waals surface area contributed by atoms with Gasteiger partial charge in [-0.1, -0.05) is 24.8 Å². The van der Waals surface area contributed by atoms with Crippen molar-refractivity contribution in [2.24, 2.45) is 0 Å². The van der Waals surface area contributed by atoms with Crippen LogP contribution in [0.1, 0.15) is 34.1 Å². The quantitative estimate of drug-likeness (QED) is 0.330. The molecule has 6 atom stereocenters. The predicted octanol–water partition coefficient (Wildman–Crippen LogP) is 3.89. The lowest BCUT2D eigenvalue weighted by Gasteiger charge is -2.34. The third-order valence-corrected chi connectivity index (χ3v) is 7.40. The van der Waals surface area contributed by atoms with Crippen molar-refractivity contribution >= 4 is 19.6 Å². The number of rotatable bonds is 11. The Morgan fingerprint density at radius 3 is 2.59 bits per heavy atom. The van der Waals surface area contributed by atoms with E-state index in [1.54, 1.807) is 50.3 Å². The van der Waals surface area contributed by atoms with E-state index in [1.165, 1.54) is 27.2 Å². The lowest BCUT2D eigenvalue weighted by Crippen LogP contribution is -2.51. The van der Waals surface area contributed by atoms with Gasteiger partial charge in [-0.05, 0) is 51.5 Å². The maximum absolute atomic E-state index is 15.9. The average Bonchev–Trinajstić information content (AvgIpc) is 3.07. The van der Waals surface area contributed by atoms with E-state index < -0.39 is 50.5 Å². The van der Waals surface area contributed by atoms with Gasteiger partial charge >= 0.3 is 13.7 Å². The zero-order valence-corrected chi connectivity index (χ0v) is 22.5. The van der Waals surface area contributed by atoms with E-state index >= 15 is 4.39 Å². The fourth-order valence-electron chi connectivity index (χ4n) is 4.05. The third-order valence-electron chi connectivity index (χ3n) is 5.76. The van der Waals surface area contributed by atoms with Crippen molar-refractivity contribution in [1.82, 2.24) is 9.99 Å². The monoisotopic (exact) mass is 540 g/mol. The lowest BCUT2D eigenvalue weighted by atomic mass is 9.97. The van der Waals surface area contributed by atoms with E-state index in [1.807, 2.05) is 0 Å². The van der Waals surface area contributed by atoms with Gasteiger partial charge in [0.15, 0.2) is 11.9 Å². The average molecular weight is 541 g/mol. The largest absolute Gasteiger partial charge is 0.462 e. The SMILES string of the molecule is C=C1C=CN(C2OC(COP(=O)(NC(C)C(=O)OC(C)C)Oc3ccccc3)C(OC)C2(C)F)C(=O)C1. The summed E-state index contributed by atoms with van der Waals surface area (Å²) < 4.78 is 57.3. The van der Waals surface area contributed by atoms with Gasteiger partial charge in [0.1, 0.15) is 24.0 Å². The van der Waals surface area contributed by atoms with Gasteiger partial charge in [-0.25, -0.2) is 8.96 Å². The Bertz CT molecular complexity index is 1060. The summed E-state index contributed by atoms with van der Waals surface area (Å²) in [4.78, 5) is 26.0. The highest BCUT2D eigenvalue weighted by molar-refractivity contribution is 7.52. The van der Waals surface area contributed by atoms with Crippen LogP contribution < -0.4 is 9.61 Å². The summed E-state index contributed by atoms with van der Waals surface area (Å²) in [6.07, 6.45) is -0.884. The van der Waals surface area contributed by atoms with Crippen molar-refractivity contribution in [3.05, 3.63) is 54.8 Å². The van der Waals surface area contributed by atoms with Gasteiger partial charge in [-0.2, -0.15) is 5.09 Å². The van der Waals surface area contributed by atoms with Crippen LogP contribution in [0.25, 0.3) is 0 Å². The Morgan fingerprint density at radius 2 is 2.00 bits per heavy atom. The van der Waals surface area contributed by atoms with Crippen molar-refractivity contribution in [2.75, 3.05) is 13.7 Å². The summed E-state index contributed by atoms with van der Waals surface area (Å²) in [5, 5.41) is 2.57. The number of benzene rings is 1. The molecule has 204 valence electrons.